The molecule has 3 rings (SSSR count). The summed E-state index contributed by atoms with van der Waals surface area (Å²) in [6.45, 7) is 3.28. The summed E-state index contributed by atoms with van der Waals surface area (Å²) in [5.74, 6) is 0.487. The topological polar surface area (TPSA) is 67.6 Å². The van der Waals surface area contributed by atoms with Gasteiger partial charge in [0.15, 0.2) is 6.10 Å². The minimum atomic E-state index is -1.01. The Labute approximate surface area is 148 Å². The van der Waals surface area contributed by atoms with Crippen LogP contribution < -0.4 is 0 Å². The van der Waals surface area contributed by atoms with Crippen LogP contribution in [0.4, 0.5) is 0 Å². The molecule has 0 spiro atoms. The Hall–Kier alpha value is -2.18. The maximum atomic E-state index is 11.5. The molecule has 1 saturated heterocycles. The third-order valence-electron chi connectivity index (χ3n) is 4.88. The highest BCUT2D eigenvalue weighted by atomic mass is 16.5. The standard InChI is InChI=1S/C19H25N3O3/c1-25-19(24)18(23)16-7-10-21(11-8-16)14-17-20-9-12-22(17)13-15-5-3-2-4-6-15/h2-6,9,12,16,18,23H,7-8,10-11,13-14H2,1H3. The van der Waals surface area contributed by atoms with E-state index in [9.17, 15) is 9.90 Å². The zero-order valence-electron chi connectivity index (χ0n) is 14.5. The fourth-order valence-corrected chi connectivity index (χ4v) is 3.36. The number of esters is 1. The summed E-state index contributed by atoms with van der Waals surface area (Å²) in [6, 6.07) is 10.3. The number of hydrogen-bond acceptors (Lipinski definition) is 5. The molecule has 1 fully saturated rings. The summed E-state index contributed by atoms with van der Waals surface area (Å²) in [5.41, 5.74) is 1.25. The number of ether oxygens (including phenoxy) is 1. The van der Waals surface area contributed by atoms with Crippen LogP contribution in [0.3, 0.4) is 0 Å². The largest absolute Gasteiger partial charge is 0.467 e. The number of piperidine rings is 1. The zero-order chi connectivity index (χ0) is 17.6. The lowest BCUT2D eigenvalue weighted by Crippen LogP contribution is -2.40. The van der Waals surface area contributed by atoms with Crippen molar-refractivity contribution in [1.29, 1.82) is 0 Å². The van der Waals surface area contributed by atoms with E-state index in [0.29, 0.717) is 0 Å². The Kier molecular flexibility index (Phi) is 5.83. The molecule has 1 aromatic heterocycles. The molecular formula is C19H25N3O3. The summed E-state index contributed by atoms with van der Waals surface area (Å²) in [7, 11) is 1.31. The molecular weight excluding hydrogens is 318 g/mol. The number of hydrogen-bond donors (Lipinski definition) is 1. The number of methoxy groups -OCH3 is 1. The Morgan fingerprint density at radius 1 is 1.28 bits per heavy atom. The van der Waals surface area contributed by atoms with E-state index in [1.54, 1.807) is 0 Å². The summed E-state index contributed by atoms with van der Waals surface area (Å²) >= 11 is 0. The van der Waals surface area contributed by atoms with Crippen molar-refractivity contribution in [2.45, 2.75) is 32.0 Å². The van der Waals surface area contributed by atoms with Gasteiger partial charge in [0.2, 0.25) is 0 Å². The monoisotopic (exact) mass is 343 g/mol. The number of carbonyl (C=O) groups is 1. The fourth-order valence-electron chi connectivity index (χ4n) is 3.36. The van der Waals surface area contributed by atoms with E-state index in [2.05, 4.69) is 31.3 Å². The van der Waals surface area contributed by atoms with Crippen molar-refractivity contribution in [3.8, 4) is 0 Å². The van der Waals surface area contributed by atoms with Gasteiger partial charge in [-0.15, -0.1) is 0 Å². The quantitative estimate of drug-likeness (QED) is 0.808. The number of imidazole rings is 1. The molecule has 0 saturated carbocycles. The van der Waals surface area contributed by atoms with Crippen LogP contribution in [-0.2, 0) is 22.6 Å². The number of aliphatic hydroxyl groups is 1. The molecule has 134 valence electrons. The van der Waals surface area contributed by atoms with Crippen LogP contribution in [0.15, 0.2) is 42.7 Å². The third kappa shape index (κ3) is 4.46. The van der Waals surface area contributed by atoms with E-state index in [1.165, 1.54) is 12.7 Å². The van der Waals surface area contributed by atoms with Gasteiger partial charge in [-0.1, -0.05) is 30.3 Å². The van der Waals surface area contributed by atoms with Gasteiger partial charge in [-0.2, -0.15) is 0 Å². The van der Waals surface area contributed by atoms with E-state index in [-0.39, 0.29) is 5.92 Å². The van der Waals surface area contributed by atoms with Crippen molar-refractivity contribution < 1.29 is 14.6 Å². The predicted octanol–water partition coefficient (Wildman–Crippen LogP) is 1.68. The van der Waals surface area contributed by atoms with E-state index in [1.807, 2.05) is 30.6 Å². The summed E-state index contributed by atoms with van der Waals surface area (Å²) in [5, 5.41) is 9.98. The number of carbonyl (C=O) groups excluding carboxylic acids is 1. The maximum absolute atomic E-state index is 11.5. The first kappa shape index (κ1) is 17.6. The van der Waals surface area contributed by atoms with Crippen molar-refractivity contribution in [3.63, 3.8) is 0 Å². The minimum Gasteiger partial charge on any atom is -0.467 e. The number of rotatable bonds is 6. The molecule has 1 N–H and O–H groups in total. The molecule has 0 amide bonds. The molecule has 2 heterocycles. The lowest BCUT2D eigenvalue weighted by molar-refractivity contribution is -0.154. The summed E-state index contributed by atoms with van der Waals surface area (Å²) in [4.78, 5) is 18.3. The Morgan fingerprint density at radius 2 is 2.00 bits per heavy atom. The molecule has 1 unspecified atom stereocenters. The van der Waals surface area contributed by atoms with Crippen molar-refractivity contribution in [2.75, 3.05) is 20.2 Å². The number of benzene rings is 1. The fraction of sp³-hybridized carbons (Fsp3) is 0.474. The smallest absolute Gasteiger partial charge is 0.334 e. The normalized spacial score (nSPS) is 17.4. The predicted molar refractivity (Wildman–Crippen MR) is 93.8 cm³/mol. The van der Waals surface area contributed by atoms with Gasteiger partial charge < -0.3 is 14.4 Å². The molecule has 0 radical (unpaired) electrons. The van der Waals surface area contributed by atoms with Gasteiger partial charge in [0.05, 0.1) is 13.7 Å². The van der Waals surface area contributed by atoms with Gasteiger partial charge in [0, 0.05) is 18.9 Å². The first-order valence-electron chi connectivity index (χ1n) is 8.69. The summed E-state index contributed by atoms with van der Waals surface area (Å²) < 4.78 is 6.81. The molecule has 1 aromatic carbocycles. The molecule has 25 heavy (non-hydrogen) atoms. The number of aliphatic hydroxyl groups excluding tert-OH is 1. The van der Waals surface area contributed by atoms with Gasteiger partial charge in [-0.05, 0) is 37.4 Å². The van der Waals surface area contributed by atoms with E-state index >= 15 is 0 Å². The molecule has 0 bridgehead atoms. The van der Waals surface area contributed by atoms with Crippen LogP contribution in [0.1, 0.15) is 24.2 Å². The van der Waals surface area contributed by atoms with Crippen molar-refractivity contribution in [3.05, 3.63) is 54.1 Å². The average Bonchev–Trinajstić information content (AvgIpc) is 3.08. The number of nitrogens with zero attached hydrogens (tertiary/aromatic N) is 3. The molecule has 0 aliphatic carbocycles. The van der Waals surface area contributed by atoms with Gasteiger partial charge in [-0.3, -0.25) is 4.90 Å². The first-order chi connectivity index (χ1) is 12.2. The van der Waals surface area contributed by atoms with Crippen molar-refractivity contribution in [2.24, 2.45) is 5.92 Å². The highest BCUT2D eigenvalue weighted by molar-refractivity contribution is 5.74. The van der Waals surface area contributed by atoms with Crippen molar-refractivity contribution >= 4 is 5.97 Å². The Balaban J connectivity index is 1.55. The van der Waals surface area contributed by atoms with Crippen LogP contribution in [0, 0.1) is 5.92 Å². The second-order valence-electron chi connectivity index (χ2n) is 6.54. The van der Waals surface area contributed by atoms with Gasteiger partial charge in [0.1, 0.15) is 5.82 Å². The highest BCUT2D eigenvalue weighted by Gasteiger charge is 2.30. The van der Waals surface area contributed by atoms with Crippen molar-refractivity contribution in [1.82, 2.24) is 14.5 Å². The van der Waals surface area contributed by atoms with Crippen LogP contribution in [-0.4, -0.2) is 51.8 Å². The summed E-state index contributed by atoms with van der Waals surface area (Å²) in [6.07, 6.45) is 4.42. The van der Waals surface area contributed by atoms with E-state index < -0.39 is 12.1 Å². The van der Waals surface area contributed by atoms with Gasteiger partial charge in [0.25, 0.3) is 0 Å². The Morgan fingerprint density at radius 3 is 2.68 bits per heavy atom. The Bertz CT molecular complexity index is 678. The first-order valence-corrected chi connectivity index (χ1v) is 8.69. The molecule has 6 heteroatoms. The second kappa shape index (κ2) is 8.27. The van der Waals surface area contributed by atoms with E-state index in [0.717, 1.165) is 44.8 Å². The van der Waals surface area contributed by atoms with E-state index in [4.69, 9.17) is 0 Å². The highest BCUT2D eigenvalue weighted by Crippen LogP contribution is 2.22. The SMILES string of the molecule is COC(=O)C(O)C1CCN(Cc2nccn2Cc2ccccc2)CC1. The molecule has 2 aromatic rings. The maximum Gasteiger partial charge on any atom is 0.334 e. The minimum absolute atomic E-state index is 0.0206. The molecule has 1 aliphatic heterocycles. The third-order valence-corrected chi connectivity index (χ3v) is 4.88. The molecule has 1 atom stereocenters. The lowest BCUT2D eigenvalue weighted by Gasteiger charge is -2.33. The number of aromatic nitrogens is 2. The van der Waals surface area contributed by atoms with Crippen LogP contribution in [0.2, 0.25) is 0 Å². The van der Waals surface area contributed by atoms with Crippen LogP contribution in [0.5, 0.6) is 0 Å². The van der Waals surface area contributed by atoms with Gasteiger partial charge in [-0.25, -0.2) is 9.78 Å². The lowest BCUT2D eigenvalue weighted by atomic mass is 9.91. The van der Waals surface area contributed by atoms with Crippen LogP contribution in [0.25, 0.3) is 0 Å². The molecule has 1 aliphatic rings. The number of likely N-dealkylation sites (tertiary alicyclic amines) is 1. The second-order valence-corrected chi connectivity index (χ2v) is 6.54. The zero-order valence-corrected chi connectivity index (χ0v) is 14.5. The molecule has 6 nitrogen and oxygen atoms in total. The van der Waals surface area contributed by atoms with Gasteiger partial charge >= 0.3 is 5.97 Å². The van der Waals surface area contributed by atoms with Crippen LogP contribution >= 0.6 is 0 Å². The average molecular weight is 343 g/mol.